The standard InChI is InChI=1S/C21H13F8N5/c22-12-10(11-14(24)18(28)21(19(29)15(11)25)34-7-4-31-9-34)13(23)17(27)20(16(12)26)32-2-1-5-33-6-3-30-8-33/h3-4,6-9,32H,1-2,5H2. The minimum atomic E-state index is -2.25. The highest BCUT2D eigenvalue weighted by molar-refractivity contribution is 5.71. The van der Waals surface area contributed by atoms with Crippen molar-refractivity contribution in [1.82, 2.24) is 19.1 Å². The van der Waals surface area contributed by atoms with Gasteiger partial charge in [-0.25, -0.2) is 45.1 Å². The zero-order chi connectivity index (χ0) is 24.6. The van der Waals surface area contributed by atoms with Crippen molar-refractivity contribution in [3.8, 4) is 16.8 Å². The Bertz CT molecular complexity index is 1280. The Balaban J connectivity index is 1.74. The van der Waals surface area contributed by atoms with Crippen molar-refractivity contribution in [3.05, 3.63) is 84.0 Å². The smallest absolute Gasteiger partial charge is 0.186 e. The summed E-state index contributed by atoms with van der Waals surface area (Å²) in [5.41, 5.74) is -6.36. The topological polar surface area (TPSA) is 47.7 Å². The number of aryl methyl sites for hydroxylation is 1. The molecule has 0 fully saturated rings. The van der Waals surface area contributed by atoms with Crippen molar-refractivity contribution in [2.75, 3.05) is 11.9 Å². The molecule has 5 nitrogen and oxygen atoms in total. The first-order valence-electron chi connectivity index (χ1n) is 9.64. The molecule has 178 valence electrons. The molecule has 4 rings (SSSR count). The monoisotopic (exact) mass is 487 g/mol. The lowest BCUT2D eigenvalue weighted by atomic mass is 10.00. The molecule has 0 unspecified atom stereocenters. The third kappa shape index (κ3) is 3.86. The van der Waals surface area contributed by atoms with Gasteiger partial charge in [0.05, 0.1) is 23.8 Å². The van der Waals surface area contributed by atoms with Crippen molar-refractivity contribution in [2.45, 2.75) is 13.0 Å². The summed E-state index contributed by atoms with van der Waals surface area (Å²) in [6.07, 6.45) is 7.68. The van der Waals surface area contributed by atoms with Crippen molar-refractivity contribution in [1.29, 1.82) is 0 Å². The Hall–Kier alpha value is -3.90. The molecule has 0 spiro atoms. The molecule has 1 N–H and O–H groups in total. The van der Waals surface area contributed by atoms with E-state index in [9.17, 15) is 35.1 Å². The molecule has 2 aromatic heterocycles. The van der Waals surface area contributed by atoms with E-state index in [0.29, 0.717) is 11.1 Å². The van der Waals surface area contributed by atoms with E-state index in [2.05, 4.69) is 15.3 Å². The van der Waals surface area contributed by atoms with Crippen molar-refractivity contribution in [3.63, 3.8) is 0 Å². The molecule has 0 saturated carbocycles. The molecule has 0 amide bonds. The Morgan fingerprint density at radius 2 is 1.18 bits per heavy atom. The third-order valence-corrected chi connectivity index (χ3v) is 4.97. The van der Waals surface area contributed by atoms with Crippen LogP contribution in [0.3, 0.4) is 0 Å². The Labute approximate surface area is 186 Å². The molecule has 2 aromatic carbocycles. The average Bonchev–Trinajstić information content (AvgIpc) is 3.53. The van der Waals surface area contributed by atoms with Gasteiger partial charge < -0.3 is 14.5 Å². The maximum atomic E-state index is 14.7. The first-order valence-corrected chi connectivity index (χ1v) is 9.64. The number of hydrogen-bond acceptors (Lipinski definition) is 3. The lowest BCUT2D eigenvalue weighted by Gasteiger charge is -2.16. The lowest BCUT2D eigenvalue weighted by Crippen LogP contribution is -2.14. The Morgan fingerprint density at radius 3 is 1.68 bits per heavy atom. The first-order chi connectivity index (χ1) is 16.2. The Morgan fingerprint density at radius 1 is 0.647 bits per heavy atom. The summed E-state index contributed by atoms with van der Waals surface area (Å²) >= 11 is 0. The summed E-state index contributed by atoms with van der Waals surface area (Å²) in [7, 11) is 0. The summed E-state index contributed by atoms with van der Waals surface area (Å²) in [4.78, 5) is 7.28. The molecule has 4 aromatic rings. The molecule has 0 aliphatic carbocycles. The molecule has 34 heavy (non-hydrogen) atoms. The van der Waals surface area contributed by atoms with Crippen LogP contribution in [-0.4, -0.2) is 25.6 Å². The minimum Gasteiger partial charge on any atom is -0.380 e. The van der Waals surface area contributed by atoms with Crippen LogP contribution in [0.5, 0.6) is 0 Å². The van der Waals surface area contributed by atoms with Crippen molar-refractivity contribution in [2.24, 2.45) is 0 Å². The van der Waals surface area contributed by atoms with Crippen molar-refractivity contribution >= 4 is 5.69 Å². The molecule has 0 bridgehead atoms. The quantitative estimate of drug-likeness (QED) is 0.217. The van der Waals surface area contributed by atoms with Gasteiger partial charge in [-0.1, -0.05) is 0 Å². The predicted molar refractivity (Wildman–Crippen MR) is 104 cm³/mol. The molecule has 0 aliphatic heterocycles. The van der Waals surface area contributed by atoms with E-state index in [-0.39, 0.29) is 13.0 Å². The maximum absolute atomic E-state index is 14.7. The van der Waals surface area contributed by atoms with Gasteiger partial charge in [0.1, 0.15) is 11.4 Å². The van der Waals surface area contributed by atoms with Crippen LogP contribution in [0.4, 0.5) is 40.8 Å². The number of hydrogen-bond donors (Lipinski definition) is 1. The summed E-state index contributed by atoms with van der Waals surface area (Å²) in [5.74, 6) is -17.1. The van der Waals surface area contributed by atoms with E-state index in [1.807, 2.05) is 0 Å². The first kappa shape index (κ1) is 23.3. The van der Waals surface area contributed by atoms with Gasteiger partial charge in [0.15, 0.2) is 46.5 Å². The van der Waals surface area contributed by atoms with Gasteiger partial charge in [0.2, 0.25) is 0 Å². The summed E-state index contributed by atoms with van der Waals surface area (Å²) in [6.45, 7) is 0.216. The number of anilines is 1. The maximum Gasteiger partial charge on any atom is 0.186 e. The fourth-order valence-corrected chi connectivity index (χ4v) is 3.36. The van der Waals surface area contributed by atoms with Gasteiger partial charge in [0, 0.05) is 37.9 Å². The average molecular weight is 487 g/mol. The van der Waals surface area contributed by atoms with Gasteiger partial charge in [-0.15, -0.1) is 0 Å². The van der Waals surface area contributed by atoms with Gasteiger partial charge >= 0.3 is 0 Å². The highest BCUT2D eigenvalue weighted by Gasteiger charge is 2.34. The lowest BCUT2D eigenvalue weighted by molar-refractivity contribution is 0.440. The number of benzene rings is 2. The molecule has 13 heteroatoms. The normalized spacial score (nSPS) is 11.3. The van der Waals surface area contributed by atoms with E-state index in [1.54, 1.807) is 10.8 Å². The summed E-state index contributed by atoms with van der Waals surface area (Å²) in [6, 6.07) is 0. The second kappa shape index (κ2) is 9.15. The number of halogens is 8. The number of aromatic nitrogens is 4. The van der Waals surface area contributed by atoms with Crippen LogP contribution in [0.15, 0.2) is 37.4 Å². The molecule has 0 aliphatic rings. The zero-order valence-electron chi connectivity index (χ0n) is 16.9. The SMILES string of the molecule is Fc1c(F)c(-c2c(F)c(F)c(-n3ccnc3)c(F)c2F)c(F)c(F)c1NCCCn1ccnc1. The number of rotatable bonds is 7. The summed E-state index contributed by atoms with van der Waals surface area (Å²) in [5, 5.41) is 2.17. The second-order valence-electron chi connectivity index (χ2n) is 7.04. The van der Waals surface area contributed by atoms with Crippen LogP contribution in [0, 0.1) is 46.5 Å². The van der Waals surface area contributed by atoms with E-state index in [4.69, 9.17) is 0 Å². The zero-order valence-corrected chi connectivity index (χ0v) is 16.9. The molecule has 0 saturated heterocycles. The third-order valence-electron chi connectivity index (χ3n) is 4.97. The number of nitrogens with zero attached hydrogens (tertiary/aromatic N) is 4. The fraction of sp³-hybridized carbons (Fsp3) is 0.143. The van der Waals surface area contributed by atoms with Crippen LogP contribution in [0.2, 0.25) is 0 Å². The van der Waals surface area contributed by atoms with Gasteiger partial charge in [-0.3, -0.25) is 0 Å². The van der Waals surface area contributed by atoms with E-state index in [0.717, 1.165) is 18.7 Å². The minimum absolute atomic E-state index is 0.143. The van der Waals surface area contributed by atoms with E-state index >= 15 is 0 Å². The second-order valence-corrected chi connectivity index (χ2v) is 7.04. The highest BCUT2D eigenvalue weighted by atomic mass is 19.2. The summed E-state index contributed by atoms with van der Waals surface area (Å²) < 4.78 is 119. The van der Waals surface area contributed by atoms with Gasteiger partial charge in [-0.05, 0) is 6.42 Å². The predicted octanol–water partition coefficient (Wildman–Crippen LogP) is 5.35. The molecular formula is C21H13F8N5. The van der Waals surface area contributed by atoms with Crippen LogP contribution in [0.25, 0.3) is 16.8 Å². The molecule has 0 atom stereocenters. The Kier molecular flexibility index (Phi) is 6.26. The van der Waals surface area contributed by atoms with Crippen LogP contribution in [0.1, 0.15) is 6.42 Å². The molecule has 2 heterocycles. The van der Waals surface area contributed by atoms with Crippen LogP contribution in [-0.2, 0) is 6.54 Å². The van der Waals surface area contributed by atoms with E-state index < -0.39 is 69.0 Å². The molecule has 0 radical (unpaired) electrons. The number of nitrogens with one attached hydrogen (secondary N) is 1. The van der Waals surface area contributed by atoms with Gasteiger partial charge in [-0.2, -0.15) is 0 Å². The van der Waals surface area contributed by atoms with E-state index in [1.165, 1.54) is 12.5 Å². The largest absolute Gasteiger partial charge is 0.380 e. The van der Waals surface area contributed by atoms with Gasteiger partial charge in [0.25, 0.3) is 0 Å². The fourth-order valence-electron chi connectivity index (χ4n) is 3.36. The van der Waals surface area contributed by atoms with Crippen LogP contribution >= 0.6 is 0 Å². The van der Waals surface area contributed by atoms with Crippen molar-refractivity contribution < 1.29 is 35.1 Å². The van der Waals surface area contributed by atoms with Crippen LogP contribution < -0.4 is 5.32 Å². The highest BCUT2D eigenvalue weighted by Crippen LogP contribution is 2.40. The number of imidazole rings is 2. The molecular weight excluding hydrogens is 474 g/mol.